The number of piperazine rings is 1. The van der Waals surface area contributed by atoms with E-state index in [-0.39, 0.29) is 68.9 Å². The van der Waals surface area contributed by atoms with Crippen molar-refractivity contribution in [3.8, 4) is 32.7 Å². The first-order valence-electron chi connectivity index (χ1n) is 27.0. The summed E-state index contributed by atoms with van der Waals surface area (Å²) >= 11 is 1.57. The molecule has 4 aliphatic heterocycles. The van der Waals surface area contributed by atoms with Gasteiger partial charge in [-0.3, -0.25) is 24.0 Å². The minimum atomic E-state index is -4.28. The number of piperidine rings is 1. The molecule has 4 saturated heterocycles. The number of nitrogens with one attached hydrogen (secondary N) is 4. The third-order valence-corrected chi connectivity index (χ3v) is 18.3. The lowest BCUT2D eigenvalue weighted by Gasteiger charge is -2.39. The van der Waals surface area contributed by atoms with Gasteiger partial charge in [-0.25, -0.2) is 23.1 Å². The van der Waals surface area contributed by atoms with Crippen LogP contribution in [-0.4, -0.2) is 162 Å². The van der Waals surface area contributed by atoms with E-state index in [1.54, 1.807) is 23.6 Å². The molecule has 7 heterocycles. The summed E-state index contributed by atoms with van der Waals surface area (Å²) < 4.78 is 74.2. The molecule has 3 aromatic carbocycles. The maximum atomic E-state index is 16.0. The van der Waals surface area contributed by atoms with Crippen LogP contribution in [0.25, 0.3) is 43.7 Å². The first-order chi connectivity index (χ1) is 37.8. The lowest BCUT2D eigenvalue weighted by atomic mass is 9.85. The van der Waals surface area contributed by atoms with Gasteiger partial charge in [-0.05, 0) is 84.5 Å². The van der Waals surface area contributed by atoms with Gasteiger partial charge in [0.2, 0.25) is 17.7 Å². The number of anilines is 2. The van der Waals surface area contributed by atoms with Crippen molar-refractivity contribution in [1.82, 2.24) is 44.6 Å². The first kappa shape index (κ1) is 55.9. The Balaban J connectivity index is 0.680. The number of thiazole rings is 1. The quantitative estimate of drug-likeness (QED) is 0.0672. The fourth-order valence-corrected chi connectivity index (χ4v) is 13.4. The Kier molecular flexibility index (Phi) is 16.5. The van der Waals surface area contributed by atoms with Crippen LogP contribution in [0.1, 0.15) is 57.7 Å². The minimum Gasteiger partial charge on any atom is -0.391 e. The standard InChI is InChI=1S/C57H68F3N11O6S2/c1-35-52(78-34-64-35)39-7-5-36(6-8-39)27-63-55(74)48-26-43(72)32-71(48)56(75)53(57(2,3)4)65-49(73)33-68-23-21-67(22-24-68)30-37-15-18-69(19-16-37)42-11-9-38(10-12-42)40-25-44-45(29-62-54(44)61-28-40)50-46(59)13-14-47(51(50)60)66-79(76,77)70-20-17-41(58)31-70/h5-14,25,28-29,34,37,41,43,48,53,66,72H,15-24,26-27,30-33H2,1-4H3,(H,61,62)(H,63,74)(H,65,73)/t41-,43-,48+,53-/m1/s1. The van der Waals surface area contributed by atoms with Gasteiger partial charge in [0.25, 0.3) is 0 Å². The van der Waals surface area contributed by atoms with E-state index in [2.05, 4.69) is 57.1 Å². The maximum Gasteiger partial charge on any atom is 0.301 e. The molecule has 4 fully saturated rings. The second kappa shape index (κ2) is 23.3. The molecule has 0 aliphatic carbocycles. The van der Waals surface area contributed by atoms with Crippen molar-refractivity contribution in [2.75, 3.05) is 81.6 Å². The van der Waals surface area contributed by atoms with Crippen LogP contribution in [0.3, 0.4) is 0 Å². The fraction of sp³-hybridized carbons (Fsp3) is 0.456. The summed E-state index contributed by atoms with van der Waals surface area (Å²) in [6.45, 7) is 13.5. The van der Waals surface area contributed by atoms with Gasteiger partial charge in [0.15, 0.2) is 5.82 Å². The molecule has 420 valence electrons. The van der Waals surface area contributed by atoms with E-state index in [9.17, 15) is 32.3 Å². The first-order valence-corrected chi connectivity index (χ1v) is 29.3. The molecule has 5 N–H and O–H groups in total. The van der Waals surface area contributed by atoms with E-state index in [1.807, 2.05) is 69.6 Å². The number of aliphatic hydroxyl groups is 1. The van der Waals surface area contributed by atoms with Crippen molar-refractivity contribution in [3.63, 3.8) is 0 Å². The maximum absolute atomic E-state index is 16.0. The highest BCUT2D eigenvalue weighted by Gasteiger charge is 2.45. The van der Waals surface area contributed by atoms with Crippen LogP contribution in [0.5, 0.6) is 0 Å². The smallest absolute Gasteiger partial charge is 0.301 e. The Labute approximate surface area is 462 Å². The highest BCUT2D eigenvalue weighted by molar-refractivity contribution is 7.90. The largest absolute Gasteiger partial charge is 0.391 e. The Morgan fingerprint density at radius 1 is 0.873 bits per heavy atom. The zero-order valence-electron chi connectivity index (χ0n) is 44.9. The summed E-state index contributed by atoms with van der Waals surface area (Å²) in [7, 11) is -4.28. The summed E-state index contributed by atoms with van der Waals surface area (Å²) in [6, 6.07) is 18.1. The van der Waals surface area contributed by atoms with Gasteiger partial charge < -0.3 is 35.4 Å². The van der Waals surface area contributed by atoms with Crippen molar-refractivity contribution in [2.24, 2.45) is 11.3 Å². The van der Waals surface area contributed by atoms with Crippen LogP contribution < -0.4 is 20.3 Å². The molecule has 0 radical (unpaired) electrons. The van der Waals surface area contributed by atoms with Crippen LogP contribution >= 0.6 is 11.3 Å². The molecule has 17 nitrogen and oxygen atoms in total. The number of amides is 3. The molecule has 79 heavy (non-hydrogen) atoms. The van der Waals surface area contributed by atoms with Crippen molar-refractivity contribution in [3.05, 3.63) is 108 Å². The van der Waals surface area contributed by atoms with Crippen molar-refractivity contribution < 1.29 is 41.1 Å². The number of aliphatic hydroxyl groups excluding tert-OH is 1. The molecule has 3 amide bonds. The second-order valence-electron chi connectivity index (χ2n) is 22.5. The fourth-order valence-electron chi connectivity index (χ4n) is 11.3. The molecule has 0 saturated carbocycles. The molecule has 0 bridgehead atoms. The second-order valence-corrected chi connectivity index (χ2v) is 25.0. The molecule has 0 unspecified atom stereocenters. The Morgan fingerprint density at radius 2 is 1.58 bits per heavy atom. The summed E-state index contributed by atoms with van der Waals surface area (Å²) in [6.07, 6.45) is 3.15. The lowest BCUT2D eigenvalue weighted by Crippen LogP contribution is -2.59. The summed E-state index contributed by atoms with van der Waals surface area (Å²) in [4.78, 5) is 62.8. The number of halogens is 3. The number of fused-ring (bicyclic) bond motifs is 1. The number of nitrogens with zero attached hydrogens (tertiary/aromatic N) is 7. The van der Waals surface area contributed by atoms with E-state index in [0.717, 1.165) is 101 Å². The van der Waals surface area contributed by atoms with Gasteiger partial charge in [0.05, 0.1) is 40.0 Å². The van der Waals surface area contributed by atoms with E-state index < -0.39 is 62.9 Å². The Bertz CT molecular complexity index is 3280. The molecular formula is C57H68F3N11O6S2. The number of β-amino-alcohol motifs (C(OH)–C–C–N with tert-alkyl or cyclic N) is 1. The number of benzene rings is 3. The van der Waals surface area contributed by atoms with E-state index in [4.69, 9.17) is 0 Å². The SMILES string of the molecule is Cc1ncsc1-c1ccc(CNC(=O)[C@@H]2C[C@@H](O)CN2C(=O)[C@@H](NC(=O)CN2CCN(CC3CCN(c4ccc(-c5cnc6[nH]cc(-c7c(F)ccc(NS(=O)(=O)N8CC[C@@H](F)C8)c7F)c6c5)cc4)CC3)CC2)C(C)(C)C)cc1. The van der Waals surface area contributed by atoms with Gasteiger partial charge in [-0.1, -0.05) is 57.2 Å². The number of aryl methyl sites for hydroxylation is 1. The Hall–Kier alpha value is -6.43. The normalized spacial score (nSPS) is 20.5. The van der Waals surface area contributed by atoms with Crippen LogP contribution in [0, 0.1) is 29.9 Å². The van der Waals surface area contributed by atoms with Crippen LogP contribution in [0.2, 0.25) is 0 Å². The van der Waals surface area contributed by atoms with Gasteiger partial charge in [-0.2, -0.15) is 12.7 Å². The van der Waals surface area contributed by atoms with Crippen LogP contribution in [-0.2, 0) is 31.1 Å². The average Bonchev–Trinajstić information content (AvgIpc) is 4.40. The number of rotatable bonds is 16. The van der Waals surface area contributed by atoms with E-state index in [0.29, 0.717) is 30.0 Å². The third-order valence-electron chi connectivity index (χ3n) is 15.8. The topological polar surface area (TPSA) is 199 Å². The van der Waals surface area contributed by atoms with E-state index >= 15 is 8.78 Å². The third kappa shape index (κ3) is 12.6. The number of carbonyl (C=O) groups excluding carboxylic acids is 3. The van der Waals surface area contributed by atoms with Crippen LogP contribution in [0.15, 0.2) is 84.6 Å². The van der Waals surface area contributed by atoms with Crippen LogP contribution in [0.4, 0.5) is 24.5 Å². The van der Waals surface area contributed by atoms with Gasteiger partial charge in [-0.15, -0.1) is 11.3 Å². The highest BCUT2D eigenvalue weighted by atomic mass is 32.2. The monoisotopic (exact) mass is 1120 g/mol. The van der Waals surface area contributed by atoms with Gasteiger partial charge in [0.1, 0.15) is 29.7 Å². The number of carbonyl (C=O) groups is 3. The summed E-state index contributed by atoms with van der Waals surface area (Å²) in [5, 5.41) is 17.1. The molecule has 3 aromatic heterocycles. The van der Waals surface area contributed by atoms with Gasteiger partial charge in [0, 0.05) is 113 Å². The molecule has 4 aliphatic rings. The number of likely N-dealkylation sites (tertiary alicyclic amines) is 1. The lowest BCUT2D eigenvalue weighted by molar-refractivity contribution is -0.144. The minimum absolute atomic E-state index is 0.00405. The number of H-pyrrole nitrogens is 1. The predicted molar refractivity (Wildman–Crippen MR) is 300 cm³/mol. The number of aromatic amines is 1. The number of pyridine rings is 1. The molecule has 4 atom stereocenters. The van der Waals surface area contributed by atoms with Crippen molar-refractivity contribution in [2.45, 2.75) is 84.3 Å². The van der Waals surface area contributed by atoms with Crippen molar-refractivity contribution in [1.29, 1.82) is 0 Å². The van der Waals surface area contributed by atoms with Gasteiger partial charge >= 0.3 is 10.2 Å². The number of aromatic nitrogens is 3. The number of hydrogen-bond acceptors (Lipinski definition) is 12. The number of hydrogen-bond donors (Lipinski definition) is 5. The number of alkyl halides is 1. The molecule has 22 heteroatoms. The Morgan fingerprint density at radius 3 is 2.25 bits per heavy atom. The zero-order chi connectivity index (χ0) is 55.8. The van der Waals surface area contributed by atoms with Crippen molar-refractivity contribution >= 4 is 61.7 Å². The zero-order valence-corrected chi connectivity index (χ0v) is 46.5. The molecule has 6 aromatic rings. The molecule has 0 spiro atoms. The molecule has 10 rings (SSSR count). The average molecular weight is 1120 g/mol. The molecular weight excluding hydrogens is 1060 g/mol. The summed E-state index contributed by atoms with van der Waals surface area (Å²) in [5.41, 5.74) is 6.43. The van der Waals surface area contributed by atoms with E-state index in [1.165, 1.54) is 11.1 Å². The summed E-state index contributed by atoms with van der Waals surface area (Å²) in [5.74, 6) is -2.47. The predicted octanol–water partition coefficient (Wildman–Crippen LogP) is 6.95. The highest BCUT2D eigenvalue weighted by Crippen LogP contribution is 2.38.